The Kier molecular flexibility index (Phi) is 3.65. The number of aromatic nitrogens is 2. The van der Waals surface area contributed by atoms with E-state index >= 15 is 0 Å². The van der Waals surface area contributed by atoms with Gasteiger partial charge in [-0.15, -0.1) is 11.3 Å². The second kappa shape index (κ2) is 5.44. The monoisotopic (exact) mass is 307 g/mol. The van der Waals surface area contributed by atoms with E-state index in [0.717, 1.165) is 33.6 Å². The quantitative estimate of drug-likeness (QED) is 0.805. The third-order valence-corrected chi connectivity index (χ3v) is 4.19. The summed E-state index contributed by atoms with van der Waals surface area (Å²) in [5.41, 5.74) is 1.97. The second-order valence-electron chi connectivity index (χ2n) is 4.58. The van der Waals surface area contributed by atoms with Gasteiger partial charge in [0.05, 0.1) is 12.3 Å². The highest BCUT2D eigenvalue weighted by Gasteiger charge is 2.15. The zero-order valence-electron chi connectivity index (χ0n) is 11.0. The summed E-state index contributed by atoms with van der Waals surface area (Å²) in [5, 5.41) is 12.3. The van der Waals surface area contributed by atoms with E-state index in [9.17, 15) is 5.11 Å². The van der Waals surface area contributed by atoms with E-state index in [1.54, 1.807) is 11.3 Å². The van der Waals surface area contributed by atoms with Crippen LogP contribution in [0.3, 0.4) is 0 Å². The molecule has 0 saturated heterocycles. The SMILES string of the molecule is CN(Cc1ccc(Cl)cc1)c1nc2sccn2c1CO. The highest BCUT2D eigenvalue weighted by atomic mass is 35.5. The number of halogens is 1. The van der Waals surface area contributed by atoms with E-state index in [1.165, 1.54) is 0 Å². The number of rotatable bonds is 4. The average Bonchev–Trinajstić information content (AvgIpc) is 3.01. The maximum Gasteiger partial charge on any atom is 0.195 e. The van der Waals surface area contributed by atoms with E-state index in [-0.39, 0.29) is 6.61 Å². The Morgan fingerprint density at radius 1 is 1.35 bits per heavy atom. The highest BCUT2D eigenvalue weighted by molar-refractivity contribution is 7.15. The van der Waals surface area contributed by atoms with Gasteiger partial charge in [-0.2, -0.15) is 0 Å². The predicted octanol–water partition coefficient (Wildman–Crippen LogP) is 3.18. The molecule has 0 spiro atoms. The summed E-state index contributed by atoms with van der Waals surface area (Å²) in [7, 11) is 1.97. The molecule has 0 amide bonds. The molecule has 2 heterocycles. The molecular formula is C14H14ClN3OS. The smallest absolute Gasteiger partial charge is 0.195 e. The van der Waals surface area contributed by atoms with Gasteiger partial charge in [-0.05, 0) is 17.7 Å². The van der Waals surface area contributed by atoms with Crippen molar-refractivity contribution in [1.29, 1.82) is 0 Å². The molecule has 0 radical (unpaired) electrons. The number of nitrogens with zero attached hydrogens (tertiary/aromatic N) is 3. The van der Waals surface area contributed by atoms with E-state index in [2.05, 4.69) is 4.98 Å². The second-order valence-corrected chi connectivity index (χ2v) is 5.89. The van der Waals surface area contributed by atoms with E-state index < -0.39 is 0 Å². The molecule has 0 fully saturated rings. The van der Waals surface area contributed by atoms with Crippen molar-refractivity contribution in [3.63, 3.8) is 0 Å². The van der Waals surface area contributed by atoms with Crippen molar-refractivity contribution in [3.8, 4) is 0 Å². The Labute approximate surface area is 125 Å². The van der Waals surface area contributed by atoms with Crippen LogP contribution in [-0.4, -0.2) is 21.5 Å². The van der Waals surface area contributed by atoms with Crippen molar-refractivity contribution >= 4 is 33.7 Å². The van der Waals surface area contributed by atoms with Crippen LogP contribution in [0.25, 0.3) is 4.96 Å². The van der Waals surface area contributed by atoms with Crippen LogP contribution in [0.2, 0.25) is 5.02 Å². The number of anilines is 1. The number of thiazole rings is 1. The Bertz CT molecular complexity index is 720. The topological polar surface area (TPSA) is 40.8 Å². The lowest BCUT2D eigenvalue weighted by Gasteiger charge is -2.18. The first-order valence-electron chi connectivity index (χ1n) is 6.20. The molecule has 0 unspecified atom stereocenters. The minimum atomic E-state index is -0.0296. The molecule has 2 aromatic heterocycles. The molecule has 0 bridgehead atoms. The molecule has 4 nitrogen and oxygen atoms in total. The molecular weight excluding hydrogens is 294 g/mol. The van der Waals surface area contributed by atoms with Crippen molar-refractivity contribution in [2.24, 2.45) is 0 Å². The third-order valence-electron chi connectivity index (χ3n) is 3.18. The Balaban J connectivity index is 1.89. The fourth-order valence-corrected chi connectivity index (χ4v) is 3.07. The van der Waals surface area contributed by atoms with Gasteiger partial charge >= 0.3 is 0 Å². The molecule has 0 atom stereocenters. The van der Waals surface area contributed by atoms with Crippen molar-refractivity contribution in [2.75, 3.05) is 11.9 Å². The molecule has 20 heavy (non-hydrogen) atoms. The van der Waals surface area contributed by atoms with Crippen LogP contribution < -0.4 is 4.90 Å². The maximum atomic E-state index is 9.57. The number of fused-ring (bicyclic) bond motifs is 1. The molecule has 0 aliphatic rings. The largest absolute Gasteiger partial charge is 0.390 e. The first kappa shape index (κ1) is 13.4. The molecule has 0 saturated carbocycles. The summed E-state index contributed by atoms with van der Waals surface area (Å²) in [4.78, 5) is 7.51. The van der Waals surface area contributed by atoms with Crippen LogP contribution in [-0.2, 0) is 13.2 Å². The molecule has 0 aliphatic carbocycles. The van der Waals surface area contributed by atoms with Crippen LogP contribution in [0.4, 0.5) is 5.82 Å². The highest BCUT2D eigenvalue weighted by Crippen LogP contribution is 2.25. The standard InChI is InChI=1S/C14H14ClN3OS/c1-17(8-10-2-4-11(15)5-3-10)13-12(9-19)18-6-7-20-14(18)16-13/h2-7,19H,8-9H2,1H3. The Hall–Kier alpha value is -1.56. The molecule has 1 aromatic carbocycles. The van der Waals surface area contributed by atoms with Gasteiger partial charge in [0, 0.05) is 30.2 Å². The first-order valence-corrected chi connectivity index (χ1v) is 7.45. The molecule has 3 rings (SSSR count). The number of benzene rings is 1. The predicted molar refractivity (Wildman–Crippen MR) is 82.6 cm³/mol. The summed E-state index contributed by atoms with van der Waals surface area (Å²) in [5.74, 6) is 0.814. The van der Waals surface area contributed by atoms with Gasteiger partial charge in [-0.3, -0.25) is 4.40 Å². The first-order chi connectivity index (χ1) is 9.69. The van der Waals surface area contributed by atoms with Gasteiger partial charge < -0.3 is 10.0 Å². The van der Waals surface area contributed by atoms with Crippen LogP contribution >= 0.6 is 22.9 Å². The number of imidazole rings is 1. The van der Waals surface area contributed by atoms with Gasteiger partial charge in [0.15, 0.2) is 10.8 Å². The maximum absolute atomic E-state index is 9.57. The van der Waals surface area contributed by atoms with Crippen molar-refractivity contribution in [2.45, 2.75) is 13.2 Å². The van der Waals surface area contributed by atoms with Crippen LogP contribution in [0.5, 0.6) is 0 Å². The molecule has 3 aromatic rings. The number of aliphatic hydroxyl groups excluding tert-OH is 1. The molecule has 0 aliphatic heterocycles. The van der Waals surface area contributed by atoms with Crippen molar-refractivity contribution in [3.05, 3.63) is 52.1 Å². The number of aliphatic hydroxyl groups is 1. The zero-order valence-corrected chi connectivity index (χ0v) is 12.5. The number of hydrogen-bond acceptors (Lipinski definition) is 4. The molecule has 104 valence electrons. The normalized spacial score (nSPS) is 11.2. The van der Waals surface area contributed by atoms with Crippen LogP contribution in [0.15, 0.2) is 35.8 Å². The van der Waals surface area contributed by atoms with Crippen molar-refractivity contribution in [1.82, 2.24) is 9.38 Å². The van der Waals surface area contributed by atoms with Gasteiger partial charge in [0.1, 0.15) is 0 Å². The Morgan fingerprint density at radius 2 is 2.10 bits per heavy atom. The van der Waals surface area contributed by atoms with E-state index in [0.29, 0.717) is 0 Å². The fourth-order valence-electron chi connectivity index (χ4n) is 2.21. The minimum Gasteiger partial charge on any atom is -0.390 e. The van der Waals surface area contributed by atoms with Crippen molar-refractivity contribution < 1.29 is 5.11 Å². The lowest BCUT2D eigenvalue weighted by Crippen LogP contribution is -2.18. The fraction of sp³-hybridized carbons (Fsp3) is 0.214. The summed E-state index contributed by atoms with van der Waals surface area (Å²) in [6.07, 6.45) is 1.93. The van der Waals surface area contributed by atoms with Gasteiger partial charge in [0.2, 0.25) is 0 Å². The summed E-state index contributed by atoms with van der Waals surface area (Å²) in [6, 6.07) is 7.75. The average molecular weight is 308 g/mol. The van der Waals surface area contributed by atoms with Gasteiger partial charge in [-0.1, -0.05) is 23.7 Å². The minimum absolute atomic E-state index is 0.0296. The lowest BCUT2D eigenvalue weighted by atomic mass is 10.2. The van der Waals surface area contributed by atoms with E-state index in [1.807, 2.05) is 52.2 Å². The summed E-state index contributed by atoms with van der Waals surface area (Å²) in [6.45, 7) is 0.688. The third kappa shape index (κ3) is 2.40. The Morgan fingerprint density at radius 3 is 2.80 bits per heavy atom. The zero-order chi connectivity index (χ0) is 14.1. The van der Waals surface area contributed by atoms with E-state index in [4.69, 9.17) is 11.6 Å². The summed E-state index contributed by atoms with van der Waals surface area (Å²) >= 11 is 7.45. The van der Waals surface area contributed by atoms with Gasteiger partial charge in [0.25, 0.3) is 0 Å². The molecule has 1 N–H and O–H groups in total. The van der Waals surface area contributed by atoms with Crippen LogP contribution in [0.1, 0.15) is 11.3 Å². The lowest BCUT2D eigenvalue weighted by molar-refractivity contribution is 0.276. The number of hydrogen-bond donors (Lipinski definition) is 1. The summed E-state index contributed by atoms with van der Waals surface area (Å²) < 4.78 is 1.93. The molecule has 6 heteroatoms. The van der Waals surface area contributed by atoms with Gasteiger partial charge in [-0.25, -0.2) is 4.98 Å². The van der Waals surface area contributed by atoms with Crippen LogP contribution in [0, 0.1) is 0 Å².